The molecule has 0 bridgehead atoms. The van der Waals surface area contributed by atoms with Crippen LogP contribution in [-0.2, 0) is 0 Å². The van der Waals surface area contributed by atoms with Crippen molar-refractivity contribution in [3.63, 3.8) is 0 Å². The van der Waals surface area contributed by atoms with Crippen molar-refractivity contribution in [2.24, 2.45) is 11.8 Å². The molecule has 3 rings (SSSR count). The lowest BCUT2D eigenvalue weighted by molar-refractivity contribution is 0.360. The highest BCUT2D eigenvalue weighted by atomic mass is 14.9. The van der Waals surface area contributed by atoms with Crippen LogP contribution >= 0.6 is 0 Å². The largest absolute Gasteiger partial charge is 0.382 e. The second kappa shape index (κ2) is 7.33. The van der Waals surface area contributed by atoms with E-state index in [1.54, 1.807) is 5.70 Å². The molecule has 1 atom stereocenters. The number of dihydropyridines is 1. The normalized spacial score (nSPS) is 30.2. The number of allylic oxidation sites excluding steroid dienone is 3. The summed E-state index contributed by atoms with van der Waals surface area (Å²) in [6, 6.07) is 0.622. The first-order valence-electron chi connectivity index (χ1n) is 9.08. The van der Waals surface area contributed by atoms with E-state index in [-0.39, 0.29) is 0 Å². The fraction of sp³-hybridized carbons (Fsp3) is 0.789. The third kappa shape index (κ3) is 3.68. The average Bonchev–Trinajstić information content (AvgIpc) is 2.92. The Morgan fingerprint density at radius 1 is 0.750 bits per heavy atom. The van der Waals surface area contributed by atoms with E-state index in [2.05, 4.69) is 23.5 Å². The van der Waals surface area contributed by atoms with Crippen LogP contribution in [0, 0.1) is 11.8 Å². The third-order valence-electron chi connectivity index (χ3n) is 5.63. The van der Waals surface area contributed by atoms with Gasteiger partial charge in [-0.05, 0) is 43.6 Å². The summed E-state index contributed by atoms with van der Waals surface area (Å²) < 4.78 is 0. The van der Waals surface area contributed by atoms with Gasteiger partial charge in [-0.1, -0.05) is 63.5 Å². The van der Waals surface area contributed by atoms with Gasteiger partial charge in [-0.15, -0.1) is 0 Å². The zero-order chi connectivity index (χ0) is 13.6. The van der Waals surface area contributed by atoms with Crippen LogP contribution < -0.4 is 5.32 Å². The highest BCUT2D eigenvalue weighted by Crippen LogP contribution is 2.32. The molecule has 20 heavy (non-hydrogen) atoms. The SMILES string of the molecule is C1=CC(C2CCCCCC2)NC(C2CCCCCC2)=C1. The Morgan fingerprint density at radius 3 is 2.00 bits per heavy atom. The summed E-state index contributed by atoms with van der Waals surface area (Å²) in [5.41, 5.74) is 1.56. The fourth-order valence-corrected chi connectivity index (χ4v) is 4.36. The van der Waals surface area contributed by atoms with Crippen molar-refractivity contribution in [1.82, 2.24) is 5.32 Å². The Balaban J connectivity index is 1.60. The van der Waals surface area contributed by atoms with Crippen molar-refractivity contribution in [2.45, 2.75) is 83.1 Å². The predicted molar refractivity (Wildman–Crippen MR) is 86.5 cm³/mol. The number of nitrogens with one attached hydrogen (secondary N) is 1. The summed E-state index contributed by atoms with van der Waals surface area (Å²) in [7, 11) is 0. The van der Waals surface area contributed by atoms with Crippen LogP contribution in [0.1, 0.15) is 77.0 Å². The molecule has 3 aliphatic rings. The molecule has 2 saturated carbocycles. The van der Waals surface area contributed by atoms with E-state index < -0.39 is 0 Å². The molecule has 1 unspecified atom stereocenters. The molecular weight excluding hydrogens is 242 g/mol. The lowest BCUT2D eigenvalue weighted by atomic mass is 9.87. The van der Waals surface area contributed by atoms with E-state index in [1.165, 1.54) is 77.0 Å². The van der Waals surface area contributed by atoms with Gasteiger partial charge in [0, 0.05) is 11.7 Å². The van der Waals surface area contributed by atoms with Crippen LogP contribution in [0.15, 0.2) is 23.9 Å². The molecule has 1 nitrogen and oxygen atoms in total. The lowest BCUT2D eigenvalue weighted by Crippen LogP contribution is -2.37. The molecular formula is C19H31N. The van der Waals surface area contributed by atoms with E-state index in [0.717, 1.165) is 11.8 Å². The van der Waals surface area contributed by atoms with Gasteiger partial charge in [0.2, 0.25) is 0 Å². The quantitative estimate of drug-likeness (QED) is 0.670. The molecule has 2 fully saturated rings. The monoisotopic (exact) mass is 273 g/mol. The molecule has 0 aromatic rings. The molecule has 1 aliphatic heterocycles. The molecule has 2 aliphatic carbocycles. The first-order valence-corrected chi connectivity index (χ1v) is 9.08. The zero-order valence-electron chi connectivity index (χ0n) is 12.9. The minimum atomic E-state index is 0.622. The van der Waals surface area contributed by atoms with E-state index >= 15 is 0 Å². The topological polar surface area (TPSA) is 12.0 Å². The van der Waals surface area contributed by atoms with Gasteiger partial charge >= 0.3 is 0 Å². The van der Waals surface area contributed by atoms with E-state index in [4.69, 9.17) is 0 Å². The average molecular weight is 273 g/mol. The molecule has 0 spiro atoms. The van der Waals surface area contributed by atoms with Gasteiger partial charge in [0.15, 0.2) is 0 Å². The summed E-state index contributed by atoms with van der Waals surface area (Å²) in [6.45, 7) is 0. The van der Waals surface area contributed by atoms with Crippen molar-refractivity contribution in [1.29, 1.82) is 0 Å². The summed E-state index contributed by atoms with van der Waals surface area (Å²) in [4.78, 5) is 0. The highest BCUT2D eigenvalue weighted by Gasteiger charge is 2.25. The molecule has 1 N–H and O–H groups in total. The van der Waals surface area contributed by atoms with E-state index in [9.17, 15) is 0 Å². The molecule has 0 aromatic heterocycles. The van der Waals surface area contributed by atoms with Gasteiger partial charge < -0.3 is 5.32 Å². The van der Waals surface area contributed by atoms with Crippen LogP contribution in [0.5, 0.6) is 0 Å². The summed E-state index contributed by atoms with van der Waals surface area (Å²) >= 11 is 0. The first-order chi connectivity index (χ1) is 9.93. The first kappa shape index (κ1) is 14.2. The maximum atomic E-state index is 3.92. The van der Waals surface area contributed by atoms with Crippen molar-refractivity contribution in [3.05, 3.63) is 23.9 Å². The van der Waals surface area contributed by atoms with Gasteiger partial charge in [-0.25, -0.2) is 0 Å². The maximum absolute atomic E-state index is 3.92. The number of hydrogen-bond donors (Lipinski definition) is 1. The van der Waals surface area contributed by atoms with Gasteiger partial charge in [-0.3, -0.25) is 0 Å². The summed E-state index contributed by atoms with van der Waals surface area (Å²) in [5.74, 6) is 1.69. The number of rotatable bonds is 2. The maximum Gasteiger partial charge on any atom is 0.0472 e. The van der Waals surface area contributed by atoms with Gasteiger partial charge in [0.05, 0.1) is 0 Å². The second-order valence-corrected chi connectivity index (χ2v) is 7.12. The van der Waals surface area contributed by atoms with Crippen molar-refractivity contribution in [3.8, 4) is 0 Å². The number of hydrogen-bond acceptors (Lipinski definition) is 1. The smallest absolute Gasteiger partial charge is 0.0472 e. The summed E-state index contributed by atoms with van der Waals surface area (Å²) in [6.07, 6.45) is 24.4. The highest BCUT2D eigenvalue weighted by molar-refractivity contribution is 5.23. The zero-order valence-corrected chi connectivity index (χ0v) is 12.9. The fourth-order valence-electron chi connectivity index (χ4n) is 4.36. The van der Waals surface area contributed by atoms with Crippen LogP contribution in [0.4, 0.5) is 0 Å². The standard InChI is InChI=1S/C19H31N/c1-2-6-11-16(10-5-1)18-14-9-15-19(20-18)17-12-7-3-4-8-13-17/h9,14-18,20H,1-8,10-13H2. The molecule has 1 heterocycles. The van der Waals surface area contributed by atoms with E-state index in [0.29, 0.717) is 6.04 Å². The third-order valence-corrected chi connectivity index (χ3v) is 5.63. The predicted octanol–water partition coefficient (Wildman–Crippen LogP) is 5.34. The molecule has 0 aromatic carbocycles. The van der Waals surface area contributed by atoms with Gasteiger partial charge in [0.1, 0.15) is 0 Å². The van der Waals surface area contributed by atoms with Crippen molar-refractivity contribution in [2.75, 3.05) is 0 Å². The lowest BCUT2D eigenvalue weighted by Gasteiger charge is -2.32. The van der Waals surface area contributed by atoms with Crippen molar-refractivity contribution >= 4 is 0 Å². The van der Waals surface area contributed by atoms with Gasteiger partial charge in [0.25, 0.3) is 0 Å². The van der Waals surface area contributed by atoms with Crippen LogP contribution in [0.25, 0.3) is 0 Å². The van der Waals surface area contributed by atoms with Crippen LogP contribution in [0.2, 0.25) is 0 Å². The Bertz CT molecular complexity index is 339. The van der Waals surface area contributed by atoms with Crippen LogP contribution in [0.3, 0.4) is 0 Å². The molecule has 1 heteroatoms. The Labute approximate surface area is 124 Å². The Hall–Kier alpha value is -0.720. The molecule has 0 amide bonds. The Kier molecular flexibility index (Phi) is 5.22. The Morgan fingerprint density at radius 2 is 1.35 bits per heavy atom. The molecule has 112 valence electrons. The second-order valence-electron chi connectivity index (χ2n) is 7.12. The molecule has 0 radical (unpaired) electrons. The van der Waals surface area contributed by atoms with Crippen LogP contribution in [-0.4, -0.2) is 6.04 Å². The summed E-state index contributed by atoms with van der Waals surface area (Å²) in [5, 5.41) is 3.92. The minimum Gasteiger partial charge on any atom is -0.382 e. The van der Waals surface area contributed by atoms with Crippen molar-refractivity contribution < 1.29 is 0 Å². The minimum absolute atomic E-state index is 0.622. The van der Waals surface area contributed by atoms with E-state index in [1.807, 2.05) is 0 Å². The van der Waals surface area contributed by atoms with Gasteiger partial charge in [-0.2, -0.15) is 0 Å². The molecule has 0 saturated heterocycles.